The molecule has 0 amide bonds. The maximum atomic E-state index is 9.73. The summed E-state index contributed by atoms with van der Waals surface area (Å²) in [6.07, 6.45) is 4.71. The van der Waals surface area contributed by atoms with E-state index in [1.54, 1.807) is 7.11 Å². The van der Waals surface area contributed by atoms with Gasteiger partial charge in [-0.25, -0.2) is 0 Å². The molecular formula is C21H27NO2. The van der Waals surface area contributed by atoms with Crippen LogP contribution in [0.3, 0.4) is 0 Å². The summed E-state index contributed by atoms with van der Waals surface area (Å²) < 4.78 is 5.36. The Labute approximate surface area is 144 Å². The fraction of sp³-hybridized carbons (Fsp3) is 0.429. The Hall–Kier alpha value is -1.84. The van der Waals surface area contributed by atoms with Crippen molar-refractivity contribution in [1.82, 2.24) is 5.32 Å². The number of aliphatic hydroxyl groups is 1. The molecule has 1 aliphatic carbocycles. The molecule has 2 aromatic carbocycles. The summed E-state index contributed by atoms with van der Waals surface area (Å²) in [5.41, 5.74) is 2.58. The second-order valence-corrected chi connectivity index (χ2v) is 6.69. The first kappa shape index (κ1) is 17.0. The average Bonchev–Trinajstić information content (AvgIpc) is 2.64. The van der Waals surface area contributed by atoms with Crippen molar-refractivity contribution in [1.29, 1.82) is 0 Å². The van der Waals surface area contributed by atoms with E-state index in [9.17, 15) is 5.11 Å². The first-order valence-corrected chi connectivity index (χ1v) is 8.86. The Morgan fingerprint density at radius 1 is 1.04 bits per heavy atom. The summed E-state index contributed by atoms with van der Waals surface area (Å²) >= 11 is 0. The lowest BCUT2D eigenvalue weighted by Gasteiger charge is -2.31. The normalized spacial score (nSPS) is 22.1. The van der Waals surface area contributed by atoms with Gasteiger partial charge in [0.05, 0.1) is 13.2 Å². The van der Waals surface area contributed by atoms with Crippen LogP contribution in [0.5, 0.6) is 5.75 Å². The monoisotopic (exact) mass is 325 g/mol. The van der Waals surface area contributed by atoms with Gasteiger partial charge in [0, 0.05) is 12.1 Å². The zero-order chi connectivity index (χ0) is 16.8. The number of nitrogens with one attached hydrogen (secondary N) is 1. The summed E-state index contributed by atoms with van der Waals surface area (Å²) in [6, 6.07) is 19.7. The Kier molecular flexibility index (Phi) is 5.89. The van der Waals surface area contributed by atoms with Gasteiger partial charge in [0.2, 0.25) is 0 Å². The van der Waals surface area contributed by atoms with E-state index in [0.717, 1.165) is 37.9 Å². The smallest absolute Gasteiger partial charge is 0.119 e. The van der Waals surface area contributed by atoms with Crippen molar-refractivity contribution in [2.24, 2.45) is 0 Å². The third-order valence-corrected chi connectivity index (χ3v) is 4.91. The molecule has 0 saturated heterocycles. The number of methoxy groups -OCH3 is 1. The summed E-state index contributed by atoms with van der Waals surface area (Å²) in [5.74, 6) is 0.903. The first-order chi connectivity index (χ1) is 11.7. The van der Waals surface area contributed by atoms with E-state index < -0.39 is 0 Å². The van der Waals surface area contributed by atoms with Crippen molar-refractivity contribution < 1.29 is 9.84 Å². The Bertz CT molecular complexity index is 621. The van der Waals surface area contributed by atoms with Crippen molar-refractivity contribution >= 4 is 0 Å². The largest absolute Gasteiger partial charge is 0.497 e. The number of hydrogen-bond donors (Lipinski definition) is 2. The molecule has 128 valence electrons. The van der Waals surface area contributed by atoms with Gasteiger partial charge in [0.1, 0.15) is 5.75 Å². The number of aliphatic hydroxyl groups excluding tert-OH is 1. The van der Waals surface area contributed by atoms with E-state index in [4.69, 9.17) is 4.74 Å². The highest BCUT2D eigenvalue weighted by molar-refractivity contribution is 5.30. The minimum atomic E-state index is -0.114. The molecule has 2 N–H and O–H groups in total. The van der Waals surface area contributed by atoms with Crippen molar-refractivity contribution in [3.05, 3.63) is 65.7 Å². The third kappa shape index (κ3) is 4.59. The quantitative estimate of drug-likeness (QED) is 0.847. The van der Waals surface area contributed by atoms with Crippen molar-refractivity contribution in [3.8, 4) is 5.75 Å². The van der Waals surface area contributed by atoms with Gasteiger partial charge in [0.15, 0.2) is 0 Å². The molecule has 0 heterocycles. The molecule has 0 aliphatic heterocycles. The van der Waals surface area contributed by atoms with Gasteiger partial charge in [-0.2, -0.15) is 0 Å². The van der Waals surface area contributed by atoms with Gasteiger partial charge < -0.3 is 15.2 Å². The molecule has 1 atom stereocenters. The highest BCUT2D eigenvalue weighted by Gasteiger charge is 2.23. The molecule has 1 unspecified atom stereocenters. The van der Waals surface area contributed by atoms with Crippen LogP contribution in [0.15, 0.2) is 54.6 Å². The SMILES string of the molecule is COc1cccc(CC(NC2CCC(O)CC2)c2ccccc2)c1. The molecule has 1 aliphatic rings. The third-order valence-electron chi connectivity index (χ3n) is 4.91. The predicted octanol–water partition coefficient (Wildman–Crippen LogP) is 3.87. The molecule has 24 heavy (non-hydrogen) atoms. The standard InChI is InChI=1S/C21H27NO2/c1-24-20-9-5-6-16(14-20)15-21(17-7-3-2-4-8-17)22-18-10-12-19(23)13-11-18/h2-9,14,18-19,21-23H,10-13,15H2,1H3. The fourth-order valence-corrected chi connectivity index (χ4v) is 3.52. The highest BCUT2D eigenvalue weighted by Crippen LogP contribution is 2.25. The summed E-state index contributed by atoms with van der Waals surface area (Å²) in [5, 5.41) is 13.6. The Balaban J connectivity index is 1.74. The first-order valence-electron chi connectivity index (χ1n) is 8.86. The van der Waals surface area contributed by atoms with Crippen molar-refractivity contribution in [2.75, 3.05) is 7.11 Å². The molecular weight excluding hydrogens is 298 g/mol. The zero-order valence-electron chi connectivity index (χ0n) is 14.3. The molecule has 3 heteroatoms. The Morgan fingerprint density at radius 3 is 2.50 bits per heavy atom. The van der Waals surface area contributed by atoms with E-state index in [1.165, 1.54) is 11.1 Å². The van der Waals surface area contributed by atoms with E-state index in [1.807, 2.05) is 12.1 Å². The lowest BCUT2D eigenvalue weighted by atomic mass is 9.90. The minimum absolute atomic E-state index is 0.114. The molecule has 0 spiro atoms. The summed E-state index contributed by atoms with van der Waals surface area (Å²) in [4.78, 5) is 0. The number of benzene rings is 2. The van der Waals surface area contributed by atoms with Gasteiger partial charge >= 0.3 is 0 Å². The van der Waals surface area contributed by atoms with Gasteiger partial charge in [-0.15, -0.1) is 0 Å². The number of hydrogen-bond acceptors (Lipinski definition) is 3. The molecule has 3 nitrogen and oxygen atoms in total. The van der Waals surface area contributed by atoms with Crippen LogP contribution in [-0.4, -0.2) is 24.4 Å². The van der Waals surface area contributed by atoms with Crippen LogP contribution in [-0.2, 0) is 6.42 Å². The van der Waals surface area contributed by atoms with Crippen LogP contribution in [0.1, 0.15) is 42.9 Å². The second kappa shape index (κ2) is 8.32. The van der Waals surface area contributed by atoms with Crippen LogP contribution in [0.4, 0.5) is 0 Å². The molecule has 0 aromatic heterocycles. The van der Waals surface area contributed by atoms with Crippen LogP contribution in [0.2, 0.25) is 0 Å². The van der Waals surface area contributed by atoms with Crippen LogP contribution < -0.4 is 10.1 Å². The fourth-order valence-electron chi connectivity index (χ4n) is 3.52. The van der Waals surface area contributed by atoms with E-state index in [0.29, 0.717) is 6.04 Å². The second-order valence-electron chi connectivity index (χ2n) is 6.69. The zero-order valence-corrected chi connectivity index (χ0v) is 14.3. The molecule has 0 bridgehead atoms. The van der Waals surface area contributed by atoms with E-state index in [-0.39, 0.29) is 12.1 Å². The number of ether oxygens (including phenoxy) is 1. The predicted molar refractivity (Wildman–Crippen MR) is 97.3 cm³/mol. The summed E-state index contributed by atoms with van der Waals surface area (Å²) in [7, 11) is 1.71. The minimum Gasteiger partial charge on any atom is -0.497 e. The Morgan fingerprint density at radius 2 is 1.79 bits per heavy atom. The lowest BCUT2D eigenvalue weighted by Crippen LogP contribution is -2.37. The van der Waals surface area contributed by atoms with Crippen molar-refractivity contribution in [2.45, 2.75) is 50.3 Å². The summed E-state index contributed by atoms with van der Waals surface area (Å²) in [6.45, 7) is 0. The lowest BCUT2D eigenvalue weighted by molar-refractivity contribution is 0.114. The van der Waals surface area contributed by atoms with Gasteiger partial charge in [-0.3, -0.25) is 0 Å². The topological polar surface area (TPSA) is 41.5 Å². The molecule has 3 rings (SSSR count). The van der Waals surface area contributed by atoms with Gasteiger partial charge in [-0.1, -0.05) is 42.5 Å². The van der Waals surface area contributed by atoms with Gasteiger partial charge in [-0.05, 0) is 55.4 Å². The van der Waals surface area contributed by atoms with E-state index in [2.05, 4.69) is 47.8 Å². The van der Waals surface area contributed by atoms with Crippen LogP contribution in [0.25, 0.3) is 0 Å². The molecule has 1 saturated carbocycles. The average molecular weight is 325 g/mol. The van der Waals surface area contributed by atoms with Crippen molar-refractivity contribution in [3.63, 3.8) is 0 Å². The van der Waals surface area contributed by atoms with Crippen LogP contribution >= 0.6 is 0 Å². The maximum Gasteiger partial charge on any atom is 0.119 e. The maximum absolute atomic E-state index is 9.73. The highest BCUT2D eigenvalue weighted by atomic mass is 16.5. The molecule has 0 radical (unpaired) electrons. The van der Waals surface area contributed by atoms with Crippen LogP contribution in [0, 0.1) is 0 Å². The molecule has 2 aromatic rings. The molecule has 1 fully saturated rings. The van der Waals surface area contributed by atoms with E-state index >= 15 is 0 Å². The van der Waals surface area contributed by atoms with Gasteiger partial charge in [0.25, 0.3) is 0 Å². The number of rotatable bonds is 6.